The van der Waals surface area contributed by atoms with Crippen LogP contribution in [0.25, 0.3) is 11.4 Å². The van der Waals surface area contributed by atoms with Gasteiger partial charge in [0.25, 0.3) is 5.56 Å². The molecule has 0 aliphatic rings. The van der Waals surface area contributed by atoms with E-state index in [-0.39, 0.29) is 11.4 Å². The van der Waals surface area contributed by atoms with Crippen LogP contribution in [0.4, 0.5) is 4.39 Å². The van der Waals surface area contributed by atoms with E-state index in [1.165, 1.54) is 18.3 Å². The molecule has 17 heavy (non-hydrogen) atoms. The summed E-state index contributed by atoms with van der Waals surface area (Å²) in [5.74, 6) is -0.00791. The van der Waals surface area contributed by atoms with Crippen LogP contribution in [0.2, 0.25) is 0 Å². The third-order valence-electron chi connectivity index (χ3n) is 2.38. The first-order chi connectivity index (χ1) is 8.20. The number of aromatic nitrogens is 2. The van der Waals surface area contributed by atoms with Crippen LogP contribution < -0.4 is 11.3 Å². The Balaban J connectivity index is 2.41. The molecule has 0 amide bonds. The fourth-order valence-electron chi connectivity index (χ4n) is 1.54. The normalized spacial score (nSPS) is 10.5. The van der Waals surface area contributed by atoms with Gasteiger partial charge < -0.3 is 10.7 Å². The van der Waals surface area contributed by atoms with Gasteiger partial charge in [-0.2, -0.15) is 0 Å². The van der Waals surface area contributed by atoms with Gasteiger partial charge in [0.15, 0.2) is 0 Å². The zero-order chi connectivity index (χ0) is 12.3. The minimum absolute atomic E-state index is 0.232. The number of rotatable bonds is 3. The first-order valence-corrected chi connectivity index (χ1v) is 5.25. The zero-order valence-electron chi connectivity index (χ0n) is 9.11. The number of hydrogen-bond acceptors (Lipinski definition) is 3. The standard InChI is InChI=1S/C12H12FN3O/c13-10-3-1-2-8(6-10)11-15-7-9(4-5-14)12(17)16-11/h1-3,6-7H,4-5,14H2,(H,15,16,17). The lowest BCUT2D eigenvalue weighted by Crippen LogP contribution is -2.17. The van der Waals surface area contributed by atoms with Gasteiger partial charge in [0.05, 0.1) is 0 Å². The second kappa shape index (κ2) is 4.88. The van der Waals surface area contributed by atoms with E-state index in [1.54, 1.807) is 12.1 Å². The molecule has 4 nitrogen and oxygen atoms in total. The molecule has 0 aliphatic heterocycles. The molecule has 0 aliphatic carbocycles. The van der Waals surface area contributed by atoms with Crippen molar-refractivity contribution in [3.8, 4) is 11.4 Å². The number of halogens is 1. The average molecular weight is 233 g/mol. The van der Waals surface area contributed by atoms with Crippen LogP contribution in [0, 0.1) is 5.82 Å². The number of aromatic amines is 1. The van der Waals surface area contributed by atoms with E-state index in [4.69, 9.17) is 5.73 Å². The molecular formula is C12H12FN3O. The van der Waals surface area contributed by atoms with Gasteiger partial charge in [-0.05, 0) is 25.1 Å². The molecule has 0 bridgehead atoms. The van der Waals surface area contributed by atoms with Crippen molar-refractivity contribution in [1.82, 2.24) is 9.97 Å². The Morgan fingerprint density at radius 1 is 1.41 bits per heavy atom. The second-order valence-corrected chi connectivity index (χ2v) is 3.64. The van der Waals surface area contributed by atoms with Crippen molar-refractivity contribution in [2.75, 3.05) is 6.54 Å². The third kappa shape index (κ3) is 2.57. The highest BCUT2D eigenvalue weighted by Crippen LogP contribution is 2.14. The predicted octanol–water partition coefficient (Wildman–Crippen LogP) is 1.08. The van der Waals surface area contributed by atoms with Crippen LogP contribution in [-0.4, -0.2) is 16.5 Å². The lowest BCUT2D eigenvalue weighted by Gasteiger charge is -2.02. The maximum Gasteiger partial charge on any atom is 0.254 e. The minimum Gasteiger partial charge on any atom is -0.330 e. The molecule has 0 unspecified atom stereocenters. The van der Waals surface area contributed by atoms with Crippen LogP contribution in [0.1, 0.15) is 5.56 Å². The van der Waals surface area contributed by atoms with Crippen LogP contribution in [-0.2, 0) is 6.42 Å². The summed E-state index contributed by atoms with van der Waals surface area (Å²) in [5, 5.41) is 0. The molecule has 1 aromatic carbocycles. The first kappa shape index (κ1) is 11.5. The molecule has 0 atom stereocenters. The Morgan fingerprint density at radius 2 is 2.24 bits per heavy atom. The van der Waals surface area contributed by atoms with Crippen molar-refractivity contribution in [3.05, 3.63) is 52.2 Å². The Kier molecular flexibility index (Phi) is 3.30. The van der Waals surface area contributed by atoms with Crippen molar-refractivity contribution < 1.29 is 4.39 Å². The van der Waals surface area contributed by atoms with Crippen LogP contribution in [0.15, 0.2) is 35.3 Å². The Bertz CT molecular complexity index is 580. The number of hydrogen-bond donors (Lipinski definition) is 2. The summed E-state index contributed by atoms with van der Waals surface area (Å²) in [6.45, 7) is 0.393. The monoisotopic (exact) mass is 233 g/mol. The van der Waals surface area contributed by atoms with Crippen molar-refractivity contribution >= 4 is 0 Å². The maximum atomic E-state index is 13.0. The fourth-order valence-corrected chi connectivity index (χ4v) is 1.54. The van der Waals surface area contributed by atoms with Crippen molar-refractivity contribution in [1.29, 1.82) is 0 Å². The van der Waals surface area contributed by atoms with Gasteiger partial charge in [0.1, 0.15) is 11.6 Å². The Hall–Kier alpha value is -2.01. The smallest absolute Gasteiger partial charge is 0.254 e. The van der Waals surface area contributed by atoms with Gasteiger partial charge in [0.2, 0.25) is 0 Å². The molecule has 88 valence electrons. The van der Waals surface area contributed by atoms with Gasteiger partial charge in [-0.15, -0.1) is 0 Å². The first-order valence-electron chi connectivity index (χ1n) is 5.25. The Labute approximate surface area is 97.3 Å². The van der Waals surface area contributed by atoms with Crippen molar-refractivity contribution in [2.24, 2.45) is 5.73 Å². The summed E-state index contributed by atoms with van der Waals surface area (Å²) in [5.41, 5.74) is 6.21. The summed E-state index contributed by atoms with van der Waals surface area (Å²) in [6, 6.07) is 5.91. The number of nitrogens with one attached hydrogen (secondary N) is 1. The fraction of sp³-hybridized carbons (Fsp3) is 0.167. The van der Waals surface area contributed by atoms with E-state index in [0.717, 1.165) is 0 Å². The SMILES string of the molecule is NCCc1cnc(-c2cccc(F)c2)[nH]c1=O. The lowest BCUT2D eigenvalue weighted by molar-refractivity contribution is 0.628. The van der Waals surface area contributed by atoms with Gasteiger partial charge >= 0.3 is 0 Å². The summed E-state index contributed by atoms with van der Waals surface area (Å²) in [6.07, 6.45) is 1.96. The summed E-state index contributed by atoms with van der Waals surface area (Å²) < 4.78 is 13.0. The summed E-state index contributed by atoms with van der Waals surface area (Å²) in [7, 11) is 0. The number of nitrogens with zero attached hydrogens (tertiary/aromatic N) is 1. The quantitative estimate of drug-likeness (QED) is 0.833. The number of H-pyrrole nitrogens is 1. The van der Waals surface area contributed by atoms with E-state index in [0.29, 0.717) is 29.9 Å². The maximum absolute atomic E-state index is 13.0. The second-order valence-electron chi connectivity index (χ2n) is 3.64. The van der Waals surface area contributed by atoms with E-state index in [9.17, 15) is 9.18 Å². The lowest BCUT2D eigenvalue weighted by atomic mass is 10.2. The van der Waals surface area contributed by atoms with E-state index >= 15 is 0 Å². The third-order valence-corrected chi connectivity index (χ3v) is 2.38. The zero-order valence-corrected chi connectivity index (χ0v) is 9.11. The van der Waals surface area contributed by atoms with Gasteiger partial charge in [-0.3, -0.25) is 4.79 Å². The molecule has 2 rings (SSSR count). The van der Waals surface area contributed by atoms with Crippen LogP contribution in [0.5, 0.6) is 0 Å². The molecule has 1 aromatic heterocycles. The largest absolute Gasteiger partial charge is 0.330 e. The van der Waals surface area contributed by atoms with E-state index < -0.39 is 0 Å². The van der Waals surface area contributed by atoms with Gasteiger partial charge in [-0.1, -0.05) is 12.1 Å². The average Bonchev–Trinajstić information content (AvgIpc) is 2.32. The minimum atomic E-state index is -0.365. The topological polar surface area (TPSA) is 71.8 Å². The summed E-state index contributed by atoms with van der Waals surface area (Å²) >= 11 is 0. The highest BCUT2D eigenvalue weighted by molar-refractivity contribution is 5.54. The van der Waals surface area contributed by atoms with Crippen LogP contribution in [0.3, 0.4) is 0 Å². The molecular weight excluding hydrogens is 221 g/mol. The molecule has 3 N–H and O–H groups in total. The van der Waals surface area contributed by atoms with Gasteiger partial charge in [-0.25, -0.2) is 9.37 Å². The van der Waals surface area contributed by atoms with Crippen LogP contribution >= 0.6 is 0 Å². The summed E-state index contributed by atoms with van der Waals surface area (Å²) in [4.78, 5) is 18.4. The predicted molar refractivity (Wildman–Crippen MR) is 63.0 cm³/mol. The number of nitrogens with two attached hydrogens (primary N) is 1. The van der Waals surface area contributed by atoms with Crippen molar-refractivity contribution in [2.45, 2.75) is 6.42 Å². The molecule has 0 spiro atoms. The van der Waals surface area contributed by atoms with E-state index in [2.05, 4.69) is 9.97 Å². The van der Waals surface area contributed by atoms with Gasteiger partial charge in [0, 0.05) is 17.3 Å². The molecule has 5 heteroatoms. The molecule has 1 heterocycles. The van der Waals surface area contributed by atoms with E-state index in [1.807, 2.05) is 0 Å². The molecule has 0 radical (unpaired) electrons. The molecule has 0 saturated carbocycles. The van der Waals surface area contributed by atoms with Crippen molar-refractivity contribution in [3.63, 3.8) is 0 Å². The highest BCUT2D eigenvalue weighted by Gasteiger charge is 2.04. The number of benzene rings is 1. The molecule has 0 saturated heterocycles. The Morgan fingerprint density at radius 3 is 2.88 bits per heavy atom. The molecule has 0 fully saturated rings. The highest BCUT2D eigenvalue weighted by atomic mass is 19.1. The molecule has 2 aromatic rings.